The van der Waals surface area contributed by atoms with Crippen molar-refractivity contribution in [1.82, 2.24) is 24.5 Å². The molecule has 0 saturated heterocycles. The maximum atomic E-state index is 13.3. The number of nitrogens with one attached hydrogen (secondary N) is 1. The number of para-hydroxylation sites is 1. The van der Waals surface area contributed by atoms with E-state index in [4.69, 9.17) is 0 Å². The lowest BCUT2D eigenvalue weighted by Gasteiger charge is -2.14. The smallest absolute Gasteiger partial charge is 0.262 e. The Balaban J connectivity index is 1.42. The standard InChI is InChI=1S/C28H27N5O2/c1-20(22-12-6-3-7-13-22)29-26(34)17-16-25-30-31-28-32(19-18-21-10-4-2-5-11-21)27(35)23-14-8-9-15-24(23)33(25)28/h2-15,20H,16-19H2,1H3,(H,29,34)/t20-/m0/s1. The summed E-state index contributed by atoms with van der Waals surface area (Å²) in [6.07, 6.45) is 1.39. The number of aryl methyl sites for hydroxylation is 3. The van der Waals surface area contributed by atoms with Crippen LogP contribution in [-0.2, 0) is 24.2 Å². The molecule has 5 rings (SSSR count). The van der Waals surface area contributed by atoms with Gasteiger partial charge in [-0.3, -0.25) is 18.6 Å². The van der Waals surface area contributed by atoms with Crippen LogP contribution in [0.4, 0.5) is 0 Å². The van der Waals surface area contributed by atoms with Crippen molar-refractivity contribution < 1.29 is 4.79 Å². The van der Waals surface area contributed by atoms with Crippen LogP contribution in [0.3, 0.4) is 0 Å². The molecule has 1 atom stereocenters. The molecule has 0 unspecified atom stereocenters. The molecular weight excluding hydrogens is 438 g/mol. The first kappa shape index (κ1) is 22.5. The molecule has 0 aliphatic heterocycles. The van der Waals surface area contributed by atoms with Crippen molar-refractivity contribution in [2.24, 2.45) is 0 Å². The molecule has 176 valence electrons. The third-order valence-corrected chi connectivity index (χ3v) is 6.29. The number of benzene rings is 3. The second-order valence-electron chi connectivity index (χ2n) is 8.66. The molecule has 3 aromatic carbocycles. The van der Waals surface area contributed by atoms with Crippen molar-refractivity contribution in [2.75, 3.05) is 0 Å². The highest BCUT2D eigenvalue weighted by atomic mass is 16.1. The molecular formula is C28H27N5O2. The van der Waals surface area contributed by atoms with Crippen LogP contribution < -0.4 is 10.9 Å². The fourth-order valence-corrected chi connectivity index (χ4v) is 4.43. The van der Waals surface area contributed by atoms with Gasteiger partial charge in [0, 0.05) is 19.4 Å². The van der Waals surface area contributed by atoms with Gasteiger partial charge in [-0.25, -0.2) is 0 Å². The van der Waals surface area contributed by atoms with Gasteiger partial charge in [0.2, 0.25) is 11.7 Å². The molecule has 7 heteroatoms. The number of aromatic nitrogens is 4. The minimum absolute atomic E-state index is 0.0557. The number of amides is 1. The Morgan fingerprint density at radius 1 is 0.886 bits per heavy atom. The SMILES string of the molecule is C[C@H](NC(=O)CCc1nnc2n(CCc3ccccc3)c(=O)c3ccccc3n12)c1ccccc1. The molecule has 0 aliphatic rings. The number of nitrogens with zero attached hydrogens (tertiary/aromatic N) is 4. The van der Waals surface area contributed by atoms with Gasteiger partial charge in [0.1, 0.15) is 5.82 Å². The highest BCUT2D eigenvalue weighted by Crippen LogP contribution is 2.17. The largest absolute Gasteiger partial charge is 0.350 e. The van der Waals surface area contributed by atoms with E-state index in [0.717, 1.165) is 16.6 Å². The average Bonchev–Trinajstić information content (AvgIpc) is 3.32. The summed E-state index contributed by atoms with van der Waals surface area (Å²) in [7, 11) is 0. The predicted molar refractivity (Wildman–Crippen MR) is 136 cm³/mol. The minimum Gasteiger partial charge on any atom is -0.350 e. The summed E-state index contributed by atoms with van der Waals surface area (Å²) in [6, 6.07) is 27.3. The van der Waals surface area contributed by atoms with E-state index in [1.807, 2.05) is 96.3 Å². The lowest BCUT2D eigenvalue weighted by Crippen LogP contribution is -2.27. The summed E-state index contributed by atoms with van der Waals surface area (Å²) in [5.74, 6) is 1.10. The Morgan fingerprint density at radius 2 is 1.57 bits per heavy atom. The Kier molecular flexibility index (Phi) is 6.39. The fourth-order valence-electron chi connectivity index (χ4n) is 4.43. The zero-order valence-electron chi connectivity index (χ0n) is 19.6. The predicted octanol–water partition coefficient (Wildman–Crippen LogP) is 4.10. The number of carbonyl (C=O) groups excluding carboxylic acids is 1. The molecule has 0 fully saturated rings. The van der Waals surface area contributed by atoms with E-state index in [-0.39, 0.29) is 23.9 Å². The van der Waals surface area contributed by atoms with Gasteiger partial charge in [-0.2, -0.15) is 0 Å². The topological polar surface area (TPSA) is 81.3 Å². The zero-order chi connectivity index (χ0) is 24.2. The minimum atomic E-state index is -0.0857. The van der Waals surface area contributed by atoms with E-state index in [9.17, 15) is 9.59 Å². The van der Waals surface area contributed by atoms with Gasteiger partial charge in [0.25, 0.3) is 5.56 Å². The maximum Gasteiger partial charge on any atom is 0.262 e. The van der Waals surface area contributed by atoms with Gasteiger partial charge in [0.05, 0.1) is 16.9 Å². The molecule has 2 aromatic heterocycles. The van der Waals surface area contributed by atoms with E-state index in [0.29, 0.717) is 36.4 Å². The highest BCUT2D eigenvalue weighted by molar-refractivity contribution is 5.80. The highest BCUT2D eigenvalue weighted by Gasteiger charge is 2.18. The zero-order valence-corrected chi connectivity index (χ0v) is 19.6. The summed E-state index contributed by atoms with van der Waals surface area (Å²) >= 11 is 0. The average molecular weight is 466 g/mol. The summed E-state index contributed by atoms with van der Waals surface area (Å²) in [5, 5.41) is 12.4. The van der Waals surface area contributed by atoms with Gasteiger partial charge >= 0.3 is 0 Å². The molecule has 1 amide bonds. The Morgan fingerprint density at radius 3 is 2.34 bits per heavy atom. The van der Waals surface area contributed by atoms with Crippen LogP contribution in [0.15, 0.2) is 89.7 Å². The summed E-state index contributed by atoms with van der Waals surface area (Å²) in [6.45, 7) is 2.46. The van der Waals surface area contributed by atoms with E-state index < -0.39 is 0 Å². The Labute approximate surface area is 203 Å². The van der Waals surface area contributed by atoms with E-state index in [1.54, 1.807) is 4.57 Å². The van der Waals surface area contributed by atoms with Crippen LogP contribution in [0.5, 0.6) is 0 Å². The monoisotopic (exact) mass is 465 g/mol. The molecule has 1 N–H and O–H groups in total. The van der Waals surface area contributed by atoms with E-state index in [2.05, 4.69) is 15.5 Å². The first-order valence-electron chi connectivity index (χ1n) is 11.9. The van der Waals surface area contributed by atoms with Gasteiger partial charge in [0.15, 0.2) is 0 Å². The number of carbonyl (C=O) groups is 1. The van der Waals surface area contributed by atoms with Crippen molar-refractivity contribution in [3.63, 3.8) is 0 Å². The van der Waals surface area contributed by atoms with Crippen LogP contribution in [0, 0.1) is 0 Å². The second kappa shape index (κ2) is 9.93. The van der Waals surface area contributed by atoms with Crippen LogP contribution in [0.1, 0.15) is 36.3 Å². The molecule has 35 heavy (non-hydrogen) atoms. The summed E-state index contributed by atoms with van der Waals surface area (Å²) < 4.78 is 3.60. The van der Waals surface area contributed by atoms with Crippen molar-refractivity contribution >= 4 is 22.6 Å². The molecule has 0 radical (unpaired) electrons. The third kappa shape index (κ3) is 4.71. The molecule has 0 spiro atoms. The fraction of sp³-hybridized carbons (Fsp3) is 0.214. The number of hydrogen-bond acceptors (Lipinski definition) is 4. The van der Waals surface area contributed by atoms with Crippen molar-refractivity contribution in [3.8, 4) is 0 Å². The molecule has 0 saturated carbocycles. The number of rotatable bonds is 8. The van der Waals surface area contributed by atoms with Gasteiger partial charge in [-0.15, -0.1) is 10.2 Å². The number of fused-ring (bicyclic) bond motifs is 3. The van der Waals surface area contributed by atoms with Gasteiger partial charge in [-0.1, -0.05) is 72.8 Å². The van der Waals surface area contributed by atoms with Crippen molar-refractivity contribution in [1.29, 1.82) is 0 Å². The van der Waals surface area contributed by atoms with Crippen LogP contribution in [0.2, 0.25) is 0 Å². The van der Waals surface area contributed by atoms with Gasteiger partial charge < -0.3 is 5.32 Å². The van der Waals surface area contributed by atoms with E-state index in [1.165, 1.54) is 0 Å². The van der Waals surface area contributed by atoms with Crippen LogP contribution in [0.25, 0.3) is 16.7 Å². The summed E-state index contributed by atoms with van der Waals surface area (Å²) in [4.78, 5) is 26.0. The van der Waals surface area contributed by atoms with Crippen molar-refractivity contribution in [2.45, 2.75) is 38.8 Å². The molecule has 2 heterocycles. The molecule has 7 nitrogen and oxygen atoms in total. The first-order valence-corrected chi connectivity index (χ1v) is 11.9. The Hall–Kier alpha value is -4.26. The molecule has 0 bridgehead atoms. The quantitative estimate of drug-likeness (QED) is 0.374. The number of hydrogen-bond donors (Lipinski definition) is 1. The lowest BCUT2D eigenvalue weighted by atomic mass is 10.1. The van der Waals surface area contributed by atoms with Gasteiger partial charge in [-0.05, 0) is 36.6 Å². The normalized spacial score (nSPS) is 12.1. The van der Waals surface area contributed by atoms with Crippen LogP contribution in [-0.4, -0.2) is 25.1 Å². The maximum absolute atomic E-state index is 13.3. The van der Waals surface area contributed by atoms with Crippen molar-refractivity contribution in [3.05, 3.63) is 112 Å². The third-order valence-electron chi connectivity index (χ3n) is 6.29. The van der Waals surface area contributed by atoms with Crippen LogP contribution >= 0.6 is 0 Å². The molecule has 0 aliphatic carbocycles. The Bertz CT molecular complexity index is 1520. The lowest BCUT2D eigenvalue weighted by molar-refractivity contribution is -0.121. The molecule has 5 aromatic rings. The first-order chi connectivity index (χ1) is 17.1. The summed E-state index contributed by atoms with van der Waals surface area (Å²) in [5.41, 5.74) is 2.87. The second-order valence-corrected chi connectivity index (χ2v) is 8.66. The van der Waals surface area contributed by atoms with E-state index >= 15 is 0 Å².